The molecule has 0 N–H and O–H groups in total. The number of aromatic nitrogens is 2. The third kappa shape index (κ3) is 4.24. The topological polar surface area (TPSA) is 36.3 Å². The highest BCUT2D eigenvalue weighted by Crippen LogP contribution is 2.17. The Hall–Kier alpha value is -2.59. The molecule has 0 fully saturated rings. The molecule has 0 aliphatic heterocycles. The fraction of sp³-hybridized carbons (Fsp3) is 0.250. The van der Waals surface area contributed by atoms with Crippen molar-refractivity contribution in [3.05, 3.63) is 77.5 Å². The zero-order chi connectivity index (χ0) is 16.8. The molecule has 4 nitrogen and oxygen atoms in total. The van der Waals surface area contributed by atoms with Gasteiger partial charge in [0, 0.05) is 12.3 Å². The first kappa shape index (κ1) is 16.3. The summed E-state index contributed by atoms with van der Waals surface area (Å²) in [7, 11) is 0. The maximum atomic E-state index is 5.65. The van der Waals surface area contributed by atoms with Crippen LogP contribution in [0.2, 0.25) is 0 Å². The van der Waals surface area contributed by atoms with Crippen molar-refractivity contribution in [2.75, 3.05) is 13.2 Å². The van der Waals surface area contributed by atoms with Gasteiger partial charge >= 0.3 is 0 Å². The van der Waals surface area contributed by atoms with Gasteiger partial charge in [-0.25, -0.2) is 4.68 Å². The molecule has 0 aliphatic carbocycles. The fourth-order valence-electron chi connectivity index (χ4n) is 2.55. The van der Waals surface area contributed by atoms with Crippen molar-refractivity contribution in [2.45, 2.75) is 20.5 Å². The Balaban J connectivity index is 1.48. The van der Waals surface area contributed by atoms with Crippen molar-refractivity contribution >= 4 is 0 Å². The summed E-state index contributed by atoms with van der Waals surface area (Å²) in [6.07, 6.45) is 1.91. The highest BCUT2D eigenvalue weighted by Gasteiger charge is 2.05. The zero-order valence-corrected chi connectivity index (χ0v) is 14.1. The van der Waals surface area contributed by atoms with Gasteiger partial charge in [-0.15, -0.1) is 5.10 Å². The average molecular weight is 322 g/mol. The molecule has 3 rings (SSSR count). The highest BCUT2D eigenvalue weighted by atomic mass is 16.5. The first-order chi connectivity index (χ1) is 11.7. The van der Waals surface area contributed by atoms with Gasteiger partial charge in [0.05, 0.1) is 18.9 Å². The van der Waals surface area contributed by atoms with Gasteiger partial charge in [-0.05, 0) is 31.0 Å². The molecular formula is C20H22N2O2. The molecule has 124 valence electrons. The van der Waals surface area contributed by atoms with Crippen molar-refractivity contribution in [2.24, 2.45) is 0 Å². The summed E-state index contributed by atoms with van der Waals surface area (Å²) < 4.78 is 13.1. The summed E-state index contributed by atoms with van der Waals surface area (Å²) in [5, 5.41) is 4.47. The standard InChI is InChI=1S/C20H22N2O2/c1-16-8-9-19(17(2)14-16)22-11-10-20(21-22)24-13-12-23-15-18-6-4-3-5-7-18/h3-11,14H,12-13,15H2,1-2H3. The highest BCUT2D eigenvalue weighted by molar-refractivity contribution is 5.42. The van der Waals surface area contributed by atoms with Gasteiger partial charge in [0.2, 0.25) is 5.88 Å². The second kappa shape index (κ2) is 7.79. The third-order valence-electron chi connectivity index (χ3n) is 3.75. The first-order valence-electron chi connectivity index (χ1n) is 8.10. The average Bonchev–Trinajstić information content (AvgIpc) is 3.04. The minimum Gasteiger partial charge on any atom is -0.474 e. The normalized spacial score (nSPS) is 10.8. The van der Waals surface area contributed by atoms with E-state index in [9.17, 15) is 0 Å². The number of hydrogen-bond donors (Lipinski definition) is 0. The van der Waals surface area contributed by atoms with Crippen molar-refractivity contribution < 1.29 is 9.47 Å². The fourth-order valence-corrected chi connectivity index (χ4v) is 2.55. The van der Waals surface area contributed by atoms with Crippen LogP contribution in [0.5, 0.6) is 5.88 Å². The van der Waals surface area contributed by atoms with Crippen molar-refractivity contribution in [3.63, 3.8) is 0 Å². The quantitative estimate of drug-likeness (QED) is 0.615. The van der Waals surface area contributed by atoms with E-state index in [1.54, 1.807) is 0 Å². The van der Waals surface area contributed by atoms with Crippen LogP contribution in [0.15, 0.2) is 60.8 Å². The molecule has 4 heteroatoms. The predicted molar refractivity (Wildman–Crippen MR) is 94.6 cm³/mol. The largest absolute Gasteiger partial charge is 0.474 e. The molecular weight excluding hydrogens is 300 g/mol. The molecule has 1 heterocycles. The lowest BCUT2D eigenvalue weighted by Gasteiger charge is -2.07. The second-order valence-electron chi connectivity index (χ2n) is 5.78. The molecule has 24 heavy (non-hydrogen) atoms. The summed E-state index contributed by atoms with van der Waals surface area (Å²) in [5.41, 5.74) is 4.67. The molecule has 1 aromatic heterocycles. The van der Waals surface area contributed by atoms with Crippen LogP contribution >= 0.6 is 0 Å². The van der Waals surface area contributed by atoms with Crippen molar-refractivity contribution in [3.8, 4) is 11.6 Å². The van der Waals surface area contributed by atoms with E-state index in [2.05, 4.69) is 37.1 Å². The van der Waals surface area contributed by atoms with E-state index in [1.165, 1.54) is 11.1 Å². The summed E-state index contributed by atoms with van der Waals surface area (Å²) in [6.45, 7) is 5.79. The Labute approximate surface area is 142 Å². The Bertz CT molecular complexity index is 781. The summed E-state index contributed by atoms with van der Waals surface area (Å²) in [5.74, 6) is 0.610. The van der Waals surface area contributed by atoms with Gasteiger partial charge in [0.25, 0.3) is 0 Å². The maximum Gasteiger partial charge on any atom is 0.233 e. The lowest BCUT2D eigenvalue weighted by molar-refractivity contribution is 0.0873. The van der Waals surface area contributed by atoms with Crippen LogP contribution < -0.4 is 4.74 Å². The van der Waals surface area contributed by atoms with E-state index < -0.39 is 0 Å². The van der Waals surface area contributed by atoms with Crippen LogP contribution in [0.25, 0.3) is 5.69 Å². The number of aryl methyl sites for hydroxylation is 2. The molecule has 0 saturated heterocycles. The van der Waals surface area contributed by atoms with Crippen molar-refractivity contribution in [1.29, 1.82) is 0 Å². The Morgan fingerprint density at radius 3 is 2.58 bits per heavy atom. The van der Waals surface area contributed by atoms with E-state index in [0.717, 1.165) is 11.3 Å². The second-order valence-corrected chi connectivity index (χ2v) is 5.78. The summed E-state index contributed by atoms with van der Waals surface area (Å²) >= 11 is 0. The third-order valence-corrected chi connectivity index (χ3v) is 3.75. The van der Waals surface area contributed by atoms with Crippen LogP contribution in [0, 0.1) is 13.8 Å². The van der Waals surface area contributed by atoms with E-state index in [0.29, 0.717) is 25.7 Å². The van der Waals surface area contributed by atoms with Crippen LogP contribution in [0.4, 0.5) is 0 Å². The van der Waals surface area contributed by atoms with E-state index in [4.69, 9.17) is 9.47 Å². The molecule has 0 bridgehead atoms. The summed E-state index contributed by atoms with van der Waals surface area (Å²) in [6, 6.07) is 18.3. The van der Waals surface area contributed by atoms with Crippen LogP contribution in [0.3, 0.4) is 0 Å². The van der Waals surface area contributed by atoms with Gasteiger partial charge in [0.15, 0.2) is 0 Å². The number of ether oxygens (including phenoxy) is 2. The van der Waals surface area contributed by atoms with Gasteiger partial charge in [-0.3, -0.25) is 0 Å². The van der Waals surface area contributed by atoms with Crippen LogP contribution in [-0.4, -0.2) is 23.0 Å². The Morgan fingerprint density at radius 2 is 1.79 bits per heavy atom. The molecule has 2 aromatic carbocycles. The zero-order valence-electron chi connectivity index (χ0n) is 14.1. The molecule has 3 aromatic rings. The lowest BCUT2D eigenvalue weighted by atomic mass is 10.1. The monoisotopic (exact) mass is 322 g/mol. The minimum atomic E-state index is 0.483. The number of nitrogens with zero attached hydrogens (tertiary/aromatic N) is 2. The Kier molecular flexibility index (Phi) is 5.29. The molecule has 0 spiro atoms. The van der Waals surface area contributed by atoms with Gasteiger partial charge < -0.3 is 9.47 Å². The number of rotatable bonds is 7. The van der Waals surface area contributed by atoms with Crippen LogP contribution in [-0.2, 0) is 11.3 Å². The molecule has 0 aliphatic rings. The van der Waals surface area contributed by atoms with Gasteiger partial charge in [-0.2, -0.15) is 0 Å². The molecule has 0 atom stereocenters. The molecule has 0 amide bonds. The van der Waals surface area contributed by atoms with E-state index >= 15 is 0 Å². The van der Waals surface area contributed by atoms with E-state index in [-0.39, 0.29) is 0 Å². The van der Waals surface area contributed by atoms with Crippen molar-refractivity contribution in [1.82, 2.24) is 9.78 Å². The SMILES string of the molecule is Cc1ccc(-n2ccc(OCCOCc3ccccc3)n2)c(C)c1. The summed E-state index contributed by atoms with van der Waals surface area (Å²) in [4.78, 5) is 0. The van der Waals surface area contributed by atoms with Crippen LogP contribution in [0.1, 0.15) is 16.7 Å². The number of hydrogen-bond acceptors (Lipinski definition) is 3. The van der Waals surface area contributed by atoms with E-state index in [1.807, 2.05) is 47.3 Å². The van der Waals surface area contributed by atoms with Gasteiger partial charge in [0.1, 0.15) is 6.61 Å². The number of benzene rings is 2. The maximum absolute atomic E-state index is 5.65. The lowest BCUT2D eigenvalue weighted by Crippen LogP contribution is -2.07. The first-order valence-corrected chi connectivity index (χ1v) is 8.10. The predicted octanol–water partition coefficient (Wildman–Crippen LogP) is 4.08. The van der Waals surface area contributed by atoms with Gasteiger partial charge in [-0.1, -0.05) is 48.0 Å². The molecule has 0 saturated carbocycles. The minimum absolute atomic E-state index is 0.483. The Morgan fingerprint density at radius 1 is 0.958 bits per heavy atom. The molecule has 0 radical (unpaired) electrons. The smallest absolute Gasteiger partial charge is 0.233 e. The molecule has 0 unspecified atom stereocenters.